The molecule has 0 saturated heterocycles. The average molecular weight is 141 g/mol. The smallest absolute Gasteiger partial charge is 0.103 e. The predicted octanol–water partition coefficient (Wildman–Crippen LogP) is 0.718. The largest absolute Gasteiger partial charge is 0.330 e. The third-order valence-electron chi connectivity index (χ3n) is 0.735. The second kappa shape index (κ2) is 5.28. The highest BCUT2D eigenvalue weighted by atomic mass is 35.5. The molecule has 0 saturated carbocycles. The first-order chi connectivity index (χ1) is 3.81. The van der Waals surface area contributed by atoms with Crippen LogP contribution in [0.25, 0.3) is 0 Å². The monoisotopic (exact) mass is 140 g/mol. The van der Waals surface area contributed by atoms with Crippen molar-refractivity contribution >= 4 is 11.6 Å². The van der Waals surface area contributed by atoms with Gasteiger partial charge in [0.25, 0.3) is 0 Å². The number of rotatable bonds is 4. The number of hydrogen-bond acceptors (Lipinski definition) is 2. The van der Waals surface area contributed by atoms with Crippen molar-refractivity contribution < 1.29 is 4.48 Å². The molecule has 2 N–H and O–H groups in total. The van der Waals surface area contributed by atoms with E-state index in [9.17, 15) is 4.48 Å². The topological polar surface area (TPSA) is 29.3 Å². The van der Waals surface area contributed by atoms with Crippen molar-refractivity contribution in [3.05, 3.63) is 0 Å². The fourth-order valence-electron chi connectivity index (χ4n) is 0.323. The summed E-state index contributed by atoms with van der Waals surface area (Å²) in [6.07, 6.45) is 0.656. The van der Waals surface area contributed by atoms with Gasteiger partial charge in [-0.3, -0.25) is 0 Å². The zero-order chi connectivity index (χ0) is 6.41. The molecule has 0 aromatic heterocycles. The average Bonchev–Trinajstić information content (AvgIpc) is 1.83. The molecule has 0 rings (SSSR count). The van der Waals surface area contributed by atoms with Crippen molar-refractivity contribution in [1.29, 1.82) is 0 Å². The van der Waals surface area contributed by atoms with Crippen LogP contribution in [0.3, 0.4) is 0 Å². The lowest BCUT2D eigenvalue weighted by atomic mass is 10.4. The van der Waals surface area contributed by atoms with Gasteiger partial charge in [-0.15, -0.1) is 21.2 Å². The zero-order valence-corrected chi connectivity index (χ0v) is 5.36. The Morgan fingerprint density at radius 3 is 2.62 bits per heavy atom. The molecule has 8 heavy (non-hydrogen) atoms. The van der Waals surface area contributed by atoms with E-state index in [1.807, 2.05) is 0 Å². The molecule has 50 valence electrons. The molecule has 0 atom stereocenters. The van der Waals surface area contributed by atoms with Crippen LogP contribution in [0, 0.1) is 0 Å². The molecule has 0 aromatic carbocycles. The first kappa shape index (κ1) is 8.14. The highest BCUT2D eigenvalue weighted by Crippen LogP contribution is 1.91. The molecule has 0 aromatic rings. The molecule has 0 fully saturated rings. The van der Waals surface area contributed by atoms with Crippen LogP contribution in [0.5, 0.6) is 0 Å². The van der Waals surface area contributed by atoms with E-state index in [1.54, 1.807) is 0 Å². The molecule has 0 amide bonds. The SMILES string of the molecule is NCCCN(F)CCl. The Hall–Kier alpha value is 0.140. The van der Waals surface area contributed by atoms with Gasteiger partial charge >= 0.3 is 0 Å². The molecule has 0 aliphatic carbocycles. The van der Waals surface area contributed by atoms with E-state index in [2.05, 4.69) is 0 Å². The van der Waals surface area contributed by atoms with E-state index in [0.717, 1.165) is 0 Å². The zero-order valence-electron chi connectivity index (χ0n) is 4.61. The van der Waals surface area contributed by atoms with Gasteiger partial charge < -0.3 is 5.73 Å². The molecular weight excluding hydrogens is 131 g/mol. The first-order valence-corrected chi connectivity index (χ1v) is 3.01. The Morgan fingerprint density at radius 2 is 2.25 bits per heavy atom. The standard InChI is InChI=1S/C4H10ClFN2/c5-4-8(6)3-1-2-7/h1-4,7H2. The van der Waals surface area contributed by atoms with Crippen LogP contribution < -0.4 is 5.73 Å². The molecule has 0 bridgehead atoms. The summed E-state index contributed by atoms with van der Waals surface area (Å²) in [6, 6.07) is -0.0694. The molecular formula is C4H10ClFN2. The highest BCUT2D eigenvalue weighted by molar-refractivity contribution is 6.17. The van der Waals surface area contributed by atoms with Crippen molar-refractivity contribution in [3.63, 3.8) is 0 Å². The number of alkyl halides is 1. The summed E-state index contributed by atoms with van der Waals surface area (Å²) in [4.78, 5) is 0. The van der Waals surface area contributed by atoms with Crippen molar-refractivity contribution in [2.24, 2.45) is 5.73 Å². The van der Waals surface area contributed by atoms with E-state index in [-0.39, 0.29) is 6.00 Å². The molecule has 2 nitrogen and oxygen atoms in total. The third-order valence-corrected chi connectivity index (χ3v) is 0.994. The summed E-state index contributed by atoms with van der Waals surface area (Å²) in [5.41, 5.74) is 5.10. The maximum atomic E-state index is 12.0. The van der Waals surface area contributed by atoms with E-state index in [4.69, 9.17) is 17.3 Å². The van der Waals surface area contributed by atoms with Crippen molar-refractivity contribution in [2.75, 3.05) is 19.1 Å². The number of hydrogen-bond donors (Lipinski definition) is 1. The van der Waals surface area contributed by atoms with Crippen molar-refractivity contribution in [1.82, 2.24) is 5.12 Å². The Labute approximate surface area is 53.3 Å². The Balaban J connectivity index is 2.86. The van der Waals surface area contributed by atoms with E-state index >= 15 is 0 Å². The number of nitrogens with zero attached hydrogens (tertiary/aromatic N) is 1. The third kappa shape index (κ3) is 4.30. The summed E-state index contributed by atoms with van der Waals surface area (Å²) in [5.74, 6) is 0. The number of nitrogens with two attached hydrogens (primary N) is 1. The first-order valence-electron chi connectivity index (χ1n) is 2.48. The summed E-state index contributed by atoms with van der Waals surface area (Å²) in [6.45, 7) is 0.845. The van der Waals surface area contributed by atoms with Crippen molar-refractivity contribution in [3.8, 4) is 0 Å². The normalized spacial score (nSPS) is 10.5. The summed E-state index contributed by atoms with van der Waals surface area (Å²) >= 11 is 5.10. The number of halogens is 2. The predicted molar refractivity (Wildman–Crippen MR) is 32.2 cm³/mol. The summed E-state index contributed by atoms with van der Waals surface area (Å²) in [7, 11) is 0. The molecule has 4 heteroatoms. The van der Waals surface area contributed by atoms with Crippen LogP contribution in [-0.4, -0.2) is 24.2 Å². The Kier molecular flexibility index (Phi) is 5.37. The molecule has 0 aliphatic heterocycles. The highest BCUT2D eigenvalue weighted by Gasteiger charge is 1.95. The second-order valence-electron chi connectivity index (χ2n) is 1.45. The van der Waals surface area contributed by atoms with Gasteiger partial charge in [0.2, 0.25) is 0 Å². The van der Waals surface area contributed by atoms with Crippen molar-refractivity contribution in [2.45, 2.75) is 6.42 Å². The van der Waals surface area contributed by atoms with Gasteiger partial charge in [-0.05, 0) is 13.0 Å². The quantitative estimate of drug-likeness (QED) is 0.354. The lowest BCUT2D eigenvalue weighted by Gasteiger charge is -2.04. The van der Waals surface area contributed by atoms with E-state index in [0.29, 0.717) is 24.6 Å². The van der Waals surface area contributed by atoms with Gasteiger partial charge in [0.1, 0.15) is 6.00 Å². The maximum absolute atomic E-state index is 12.0. The molecule has 0 unspecified atom stereocenters. The van der Waals surface area contributed by atoms with Gasteiger partial charge in [0.05, 0.1) is 0 Å². The lowest BCUT2D eigenvalue weighted by molar-refractivity contribution is 0.0487. The van der Waals surface area contributed by atoms with Crippen LogP contribution in [0.2, 0.25) is 0 Å². The van der Waals surface area contributed by atoms with Crippen LogP contribution >= 0.6 is 11.6 Å². The molecule has 0 heterocycles. The second-order valence-corrected chi connectivity index (χ2v) is 1.69. The fraction of sp³-hybridized carbons (Fsp3) is 1.00. The Morgan fingerprint density at radius 1 is 1.62 bits per heavy atom. The van der Waals surface area contributed by atoms with Gasteiger partial charge in [0, 0.05) is 6.54 Å². The molecule has 0 radical (unpaired) electrons. The summed E-state index contributed by atoms with van der Waals surface area (Å²) in [5, 5.41) is 0.522. The van der Waals surface area contributed by atoms with Crippen LogP contribution in [-0.2, 0) is 0 Å². The van der Waals surface area contributed by atoms with Gasteiger partial charge in [-0.25, -0.2) is 0 Å². The van der Waals surface area contributed by atoms with Gasteiger partial charge in [0.15, 0.2) is 0 Å². The van der Waals surface area contributed by atoms with Gasteiger partial charge in [-0.2, -0.15) is 0 Å². The van der Waals surface area contributed by atoms with Crippen LogP contribution in [0.1, 0.15) is 6.42 Å². The van der Waals surface area contributed by atoms with Crippen LogP contribution in [0.15, 0.2) is 0 Å². The van der Waals surface area contributed by atoms with E-state index in [1.165, 1.54) is 0 Å². The minimum absolute atomic E-state index is 0.0694. The minimum atomic E-state index is -0.0694. The molecule has 0 spiro atoms. The lowest BCUT2D eigenvalue weighted by Crippen LogP contribution is -2.15. The van der Waals surface area contributed by atoms with Crippen LogP contribution in [0.4, 0.5) is 4.48 Å². The van der Waals surface area contributed by atoms with Gasteiger partial charge in [-0.1, -0.05) is 0 Å². The fourth-order valence-corrected chi connectivity index (χ4v) is 0.442. The summed E-state index contributed by atoms with van der Waals surface area (Å²) < 4.78 is 12.0. The maximum Gasteiger partial charge on any atom is 0.103 e. The van der Waals surface area contributed by atoms with E-state index < -0.39 is 0 Å². The Bertz CT molecular complexity index is 53.3. The molecule has 0 aliphatic rings. The minimum Gasteiger partial charge on any atom is -0.330 e.